The third-order valence-electron chi connectivity index (χ3n) is 3.27. The number of aliphatic hydroxyl groups excluding tert-OH is 3. The van der Waals surface area contributed by atoms with Gasteiger partial charge < -0.3 is 30.5 Å². The van der Waals surface area contributed by atoms with Crippen molar-refractivity contribution in [3.63, 3.8) is 0 Å². The molecule has 5 N–H and O–H groups in total. The maximum Gasteiger partial charge on any atom is 0.219 e. The van der Waals surface area contributed by atoms with Crippen molar-refractivity contribution in [1.29, 1.82) is 0 Å². The van der Waals surface area contributed by atoms with Crippen LogP contribution < -0.4 is 5.32 Å². The van der Waals surface area contributed by atoms with Crippen LogP contribution in [0.5, 0.6) is 0 Å². The topological polar surface area (TPSA) is 102 Å². The van der Waals surface area contributed by atoms with Gasteiger partial charge in [0.1, 0.15) is 18.3 Å². The minimum Gasteiger partial charge on any atom is -0.391 e. The summed E-state index contributed by atoms with van der Waals surface area (Å²) >= 11 is 0. The maximum atomic E-state index is 9.74. The molecule has 1 heterocycles. The van der Waals surface area contributed by atoms with Gasteiger partial charge >= 0.3 is 0 Å². The summed E-state index contributed by atoms with van der Waals surface area (Å²) in [4.78, 5) is 0. The minimum atomic E-state index is -2.08. The fourth-order valence-electron chi connectivity index (χ4n) is 2.12. The van der Waals surface area contributed by atoms with Gasteiger partial charge in [-0.05, 0) is 5.56 Å². The Kier molecular flexibility index (Phi) is 4.51. The van der Waals surface area contributed by atoms with E-state index in [0.717, 1.165) is 5.56 Å². The van der Waals surface area contributed by atoms with E-state index in [1.54, 1.807) is 0 Å². The van der Waals surface area contributed by atoms with E-state index in [0.29, 0.717) is 6.54 Å². The summed E-state index contributed by atoms with van der Waals surface area (Å²) in [7, 11) is 0. The van der Waals surface area contributed by atoms with Crippen LogP contribution in [0.15, 0.2) is 30.3 Å². The standard InChI is InChI=1S/C13H19NO5/c15-8-13(18)12(17)11(16)10(19-13)7-14-6-9-4-2-1-3-5-9/h1-5,10-12,14-18H,6-8H2/t10-,11+,12+,13+/m1/s1. The third-order valence-corrected chi connectivity index (χ3v) is 3.27. The van der Waals surface area contributed by atoms with E-state index in [1.807, 2.05) is 30.3 Å². The van der Waals surface area contributed by atoms with Gasteiger partial charge in [0.15, 0.2) is 0 Å². The smallest absolute Gasteiger partial charge is 0.219 e. The average Bonchev–Trinajstić information content (AvgIpc) is 2.65. The van der Waals surface area contributed by atoms with Gasteiger partial charge in [0, 0.05) is 13.1 Å². The Bertz CT molecular complexity index is 401. The largest absolute Gasteiger partial charge is 0.391 e. The maximum absolute atomic E-state index is 9.74. The molecule has 1 fully saturated rings. The van der Waals surface area contributed by atoms with E-state index < -0.39 is 30.7 Å². The molecule has 4 atom stereocenters. The average molecular weight is 269 g/mol. The highest BCUT2D eigenvalue weighted by Gasteiger charge is 2.52. The summed E-state index contributed by atoms with van der Waals surface area (Å²) in [5.41, 5.74) is 1.08. The van der Waals surface area contributed by atoms with Crippen LogP contribution in [0, 0.1) is 0 Å². The summed E-state index contributed by atoms with van der Waals surface area (Å²) in [5.74, 6) is -2.08. The number of benzene rings is 1. The zero-order valence-electron chi connectivity index (χ0n) is 10.4. The van der Waals surface area contributed by atoms with Crippen molar-refractivity contribution in [3.05, 3.63) is 35.9 Å². The van der Waals surface area contributed by atoms with Crippen molar-refractivity contribution in [2.45, 2.75) is 30.6 Å². The highest BCUT2D eigenvalue weighted by molar-refractivity contribution is 5.14. The predicted molar refractivity (Wildman–Crippen MR) is 67.1 cm³/mol. The quantitative estimate of drug-likeness (QED) is 0.449. The molecule has 0 aliphatic carbocycles. The molecule has 2 rings (SSSR count). The van der Waals surface area contributed by atoms with Crippen molar-refractivity contribution < 1.29 is 25.2 Å². The zero-order valence-corrected chi connectivity index (χ0v) is 10.4. The van der Waals surface area contributed by atoms with Crippen LogP contribution in [0.25, 0.3) is 0 Å². The zero-order chi connectivity index (χ0) is 13.9. The van der Waals surface area contributed by atoms with E-state index in [9.17, 15) is 15.3 Å². The van der Waals surface area contributed by atoms with Crippen LogP contribution >= 0.6 is 0 Å². The highest BCUT2D eigenvalue weighted by atomic mass is 16.7. The van der Waals surface area contributed by atoms with E-state index in [4.69, 9.17) is 9.84 Å². The van der Waals surface area contributed by atoms with E-state index in [1.165, 1.54) is 0 Å². The van der Waals surface area contributed by atoms with E-state index >= 15 is 0 Å². The molecule has 0 aromatic heterocycles. The summed E-state index contributed by atoms with van der Waals surface area (Å²) in [6.45, 7) is 0.0803. The molecule has 0 bridgehead atoms. The first kappa shape index (κ1) is 14.4. The molecule has 1 aliphatic rings. The van der Waals surface area contributed by atoms with Crippen LogP contribution in [0.2, 0.25) is 0 Å². The van der Waals surface area contributed by atoms with Crippen LogP contribution in [0.4, 0.5) is 0 Å². The lowest BCUT2D eigenvalue weighted by Gasteiger charge is -2.22. The van der Waals surface area contributed by atoms with Gasteiger partial charge in [-0.15, -0.1) is 0 Å². The summed E-state index contributed by atoms with van der Waals surface area (Å²) in [6, 6.07) is 9.68. The second kappa shape index (κ2) is 5.96. The van der Waals surface area contributed by atoms with Crippen LogP contribution in [0.3, 0.4) is 0 Å². The van der Waals surface area contributed by atoms with Crippen LogP contribution in [0.1, 0.15) is 5.56 Å². The van der Waals surface area contributed by atoms with Gasteiger partial charge in [-0.2, -0.15) is 0 Å². The Hall–Kier alpha value is -1.02. The number of hydrogen-bond donors (Lipinski definition) is 5. The van der Waals surface area contributed by atoms with Gasteiger partial charge in [-0.3, -0.25) is 0 Å². The highest BCUT2D eigenvalue weighted by Crippen LogP contribution is 2.28. The fraction of sp³-hybridized carbons (Fsp3) is 0.538. The molecule has 1 saturated heterocycles. The molecule has 0 unspecified atom stereocenters. The number of aliphatic hydroxyl groups is 4. The molecule has 0 radical (unpaired) electrons. The van der Waals surface area contributed by atoms with Gasteiger partial charge in [0.2, 0.25) is 5.79 Å². The molecular formula is C13H19NO5. The number of nitrogens with one attached hydrogen (secondary N) is 1. The molecule has 1 aromatic carbocycles. The Labute approximate surface area is 111 Å². The number of hydrogen-bond acceptors (Lipinski definition) is 6. The molecule has 0 saturated carbocycles. The van der Waals surface area contributed by atoms with Crippen LogP contribution in [-0.4, -0.2) is 57.7 Å². The molecule has 1 aromatic rings. The summed E-state index contributed by atoms with van der Waals surface area (Å²) in [5, 5.41) is 41.1. The lowest BCUT2D eigenvalue weighted by molar-refractivity contribution is -0.245. The predicted octanol–water partition coefficient (Wildman–Crippen LogP) is -1.42. The molecule has 6 heteroatoms. The van der Waals surface area contributed by atoms with E-state index in [2.05, 4.69) is 5.32 Å². The summed E-state index contributed by atoms with van der Waals surface area (Å²) < 4.78 is 5.10. The van der Waals surface area contributed by atoms with Gasteiger partial charge in [-0.25, -0.2) is 0 Å². The molecule has 19 heavy (non-hydrogen) atoms. The second-order valence-electron chi connectivity index (χ2n) is 4.71. The van der Waals surface area contributed by atoms with Gasteiger partial charge in [-0.1, -0.05) is 30.3 Å². The molecule has 106 valence electrons. The lowest BCUT2D eigenvalue weighted by atomic mass is 10.1. The lowest BCUT2D eigenvalue weighted by Crippen LogP contribution is -2.46. The Morgan fingerprint density at radius 1 is 1.21 bits per heavy atom. The third kappa shape index (κ3) is 3.11. The van der Waals surface area contributed by atoms with Crippen molar-refractivity contribution in [2.75, 3.05) is 13.2 Å². The van der Waals surface area contributed by atoms with Crippen molar-refractivity contribution in [2.24, 2.45) is 0 Å². The first-order valence-corrected chi connectivity index (χ1v) is 6.18. The first-order chi connectivity index (χ1) is 9.07. The number of rotatable bonds is 5. The monoisotopic (exact) mass is 269 g/mol. The van der Waals surface area contributed by atoms with Crippen molar-refractivity contribution >= 4 is 0 Å². The SMILES string of the molecule is OC[C@]1(O)O[C@H](CNCc2ccccc2)[C@H](O)[C@@H]1O. The van der Waals surface area contributed by atoms with Gasteiger partial charge in [0.05, 0.1) is 6.61 Å². The van der Waals surface area contributed by atoms with Crippen molar-refractivity contribution in [1.82, 2.24) is 5.32 Å². The van der Waals surface area contributed by atoms with Crippen molar-refractivity contribution in [3.8, 4) is 0 Å². The first-order valence-electron chi connectivity index (χ1n) is 6.18. The summed E-state index contributed by atoms with van der Waals surface area (Å²) in [6.07, 6.45) is -3.52. The Morgan fingerprint density at radius 3 is 2.47 bits per heavy atom. The normalized spacial score (nSPS) is 34.6. The molecular weight excluding hydrogens is 250 g/mol. The Morgan fingerprint density at radius 2 is 1.89 bits per heavy atom. The molecule has 0 amide bonds. The van der Waals surface area contributed by atoms with E-state index in [-0.39, 0.29) is 6.54 Å². The molecule has 6 nitrogen and oxygen atoms in total. The molecule has 1 aliphatic heterocycles. The van der Waals surface area contributed by atoms with Crippen LogP contribution in [-0.2, 0) is 11.3 Å². The Balaban J connectivity index is 1.84. The second-order valence-corrected chi connectivity index (χ2v) is 4.71. The number of ether oxygens (including phenoxy) is 1. The fourth-order valence-corrected chi connectivity index (χ4v) is 2.12. The van der Waals surface area contributed by atoms with Gasteiger partial charge in [0.25, 0.3) is 0 Å². The molecule has 0 spiro atoms. The minimum absolute atomic E-state index is 0.259.